The number of pyridine rings is 1. The van der Waals surface area contributed by atoms with Crippen molar-refractivity contribution in [3.05, 3.63) is 36.0 Å². The lowest BCUT2D eigenvalue weighted by Crippen LogP contribution is -2.26. The van der Waals surface area contributed by atoms with Crippen LogP contribution in [-0.4, -0.2) is 15.9 Å². The molecule has 84 valence electrons. The molecule has 4 heteroatoms. The first-order chi connectivity index (χ1) is 7.83. The van der Waals surface area contributed by atoms with E-state index in [0.717, 1.165) is 24.3 Å². The van der Waals surface area contributed by atoms with E-state index in [1.807, 2.05) is 6.20 Å². The highest BCUT2D eigenvalue weighted by Crippen LogP contribution is 2.22. The summed E-state index contributed by atoms with van der Waals surface area (Å²) in [5.41, 5.74) is 1.83. The van der Waals surface area contributed by atoms with Gasteiger partial charge in [0.05, 0.1) is 11.7 Å². The molecule has 1 aliphatic heterocycles. The van der Waals surface area contributed by atoms with Crippen molar-refractivity contribution >= 4 is 5.65 Å². The predicted molar refractivity (Wildman–Crippen MR) is 59.7 cm³/mol. The molecule has 1 saturated heterocycles. The molecule has 3 heterocycles. The topological polar surface area (TPSA) is 29.3 Å². The second-order valence-corrected chi connectivity index (χ2v) is 4.28. The summed E-state index contributed by atoms with van der Waals surface area (Å²) in [5.74, 6) is -0.229. The lowest BCUT2D eigenvalue weighted by molar-refractivity contribution is 0.406. The zero-order chi connectivity index (χ0) is 11.0. The second-order valence-electron chi connectivity index (χ2n) is 4.28. The normalized spacial score (nSPS) is 21.4. The van der Waals surface area contributed by atoms with Gasteiger partial charge in [0.1, 0.15) is 11.5 Å². The lowest BCUT2D eigenvalue weighted by Gasteiger charge is -2.21. The number of piperidine rings is 1. The second kappa shape index (κ2) is 3.87. The summed E-state index contributed by atoms with van der Waals surface area (Å²) in [7, 11) is 0. The number of halogens is 1. The molecule has 0 spiro atoms. The van der Waals surface area contributed by atoms with Crippen molar-refractivity contribution in [2.24, 2.45) is 0 Å². The highest BCUT2D eigenvalue weighted by Gasteiger charge is 2.17. The first-order valence-corrected chi connectivity index (χ1v) is 5.70. The first-order valence-electron chi connectivity index (χ1n) is 5.70. The van der Waals surface area contributed by atoms with E-state index in [2.05, 4.69) is 10.3 Å². The van der Waals surface area contributed by atoms with Crippen LogP contribution in [0.15, 0.2) is 24.5 Å². The van der Waals surface area contributed by atoms with Crippen LogP contribution in [0.2, 0.25) is 0 Å². The molecule has 0 saturated carbocycles. The van der Waals surface area contributed by atoms with Crippen molar-refractivity contribution < 1.29 is 4.39 Å². The van der Waals surface area contributed by atoms with Crippen LogP contribution in [0.1, 0.15) is 31.0 Å². The monoisotopic (exact) mass is 219 g/mol. The Bertz CT molecular complexity index is 500. The van der Waals surface area contributed by atoms with Crippen LogP contribution in [0.4, 0.5) is 4.39 Å². The maximum absolute atomic E-state index is 13.0. The fraction of sp³-hybridized carbons (Fsp3) is 0.417. The third-order valence-corrected chi connectivity index (χ3v) is 3.10. The van der Waals surface area contributed by atoms with E-state index in [1.165, 1.54) is 25.1 Å². The SMILES string of the molecule is Fc1ccc2nc(C3CCCCN3)cn2c1. The molecule has 3 nitrogen and oxygen atoms in total. The van der Waals surface area contributed by atoms with Crippen molar-refractivity contribution in [3.63, 3.8) is 0 Å². The Morgan fingerprint density at radius 1 is 1.31 bits per heavy atom. The summed E-state index contributed by atoms with van der Waals surface area (Å²) in [4.78, 5) is 4.51. The molecule has 16 heavy (non-hydrogen) atoms. The molecule has 3 rings (SSSR count). The van der Waals surface area contributed by atoms with Crippen LogP contribution < -0.4 is 5.32 Å². The third kappa shape index (κ3) is 1.69. The number of fused-ring (bicyclic) bond motifs is 1. The highest BCUT2D eigenvalue weighted by atomic mass is 19.1. The number of nitrogens with zero attached hydrogens (tertiary/aromatic N) is 2. The van der Waals surface area contributed by atoms with Gasteiger partial charge < -0.3 is 9.72 Å². The van der Waals surface area contributed by atoms with Crippen molar-refractivity contribution in [1.29, 1.82) is 0 Å². The van der Waals surface area contributed by atoms with Crippen LogP contribution in [0, 0.1) is 5.82 Å². The van der Waals surface area contributed by atoms with Crippen LogP contribution in [-0.2, 0) is 0 Å². The van der Waals surface area contributed by atoms with Gasteiger partial charge in [-0.05, 0) is 31.5 Å². The molecule has 0 bridgehead atoms. The Hall–Kier alpha value is -1.42. The number of aromatic nitrogens is 2. The molecule has 1 unspecified atom stereocenters. The molecule has 1 atom stereocenters. The molecule has 0 radical (unpaired) electrons. The van der Waals surface area contributed by atoms with E-state index in [9.17, 15) is 4.39 Å². The van der Waals surface area contributed by atoms with Gasteiger partial charge in [0.15, 0.2) is 0 Å². The molecule has 2 aromatic rings. The van der Waals surface area contributed by atoms with E-state index in [-0.39, 0.29) is 5.82 Å². The summed E-state index contributed by atoms with van der Waals surface area (Å²) in [5, 5.41) is 3.44. The van der Waals surface area contributed by atoms with Gasteiger partial charge in [0.25, 0.3) is 0 Å². The maximum Gasteiger partial charge on any atom is 0.139 e. The van der Waals surface area contributed by atoms with Gasteiger partial charge in [-0.15, -0.1) is 0 Å². The number of hydrogen-bond donors (Lipinski definition) is 1. The number of hydrogen-bond acceptors (Lipinski definition) is 2. The van der Waals surface area contributed by atoms with E-state index in [0.29, 0.717) is 6.04 Å². The Labute approximate surface area is 93.3 Å². The van der Waals surface area contributed by atoms with Crippen LogP contribution in [0.3, 0.4) is 0 Å². The van der Waals surface area contributed by atoms with Crippen molar-refractivity contribution in [3.8, 4) is 0 Å². The summed E-state index contributed by atoms with van der Waals surface area (Å²) in [6.45, 7) is 1.05. The summed E-state index contributed by atoms with van der Waals surface area (Å²) in [6, 6.07) is 3.49. The lowest BCUT2D eigenvalue weighted by atomic mass is 10.0. The molecule has 1 fully saturated rings. The van der Waals surface area contributed by atoms with Crippen LogP contribution >= 0.6 is 0 Å². The quantitative estimate of drug-likeness (QED) is 0.797. The summed E-state index contributed by atoms with van der Waals surface area (Å²) < 4.78 is 14.8. The molecule has 1 N–H and O–H groups in total. The zero-order valence-electron chi connectivity index (χ0n) is 8.99. The summed E-state index contributed by atoms with van der Waals surface area (Å²) in [6.07, 6.45) is 6.97. The van der Waals surface area contributed by atoms with E-state index < -0.39 is 0 Å². The maximum atomic E-state index is 13.0. The van der Waals surface area contributed by atoms with E-state index in [1.54, 1.807) is 10.5 Å². The fourth-order valence-corrected chi connectivity index (χ4v) is 2.26. The Kier molecular flexibility index (Phi) is 2.36. The Morgan fingerprint density at radius 3 is 3.06 bits per heavy atom. The third-order valence-electron chi connectivity index (χ3n) is 3.10. The van der Waals surface area contributed by atoms with Gasteiger partial charge in [-0.3, -0.25) is 0 Å². The van der Waals surface area contributed by atoms with Gasteiger partial charge in [-0.2, -0.15) is 0 Å². The summed E-state index contributed by atoms with van der Waals surface area (Å²) >= 11 is 0. The Balaban J connectivity index is 1.97. The minimum absolute atomic E-state index is 0.229. The molecule has 0 amide bonds. The molecular formula is C12H14FN3. The molecule has 2 aromatic heterocycles. The van der Waals surface area contributed by atoms with Crippen molar-refractivity contribution in [2.75, 3.05) is 6.54 Å². The largest absolute Gasteiger partial charge is 0.309 e. The molecule has 0 aromatic carbocycles. The fourth-order valence-electron chi connectivity index (χ4n) is 2.26. The molecule has 1 aliphatic rings. The van der Waals surface area contributed by atoms with Gasteiger partial charge in [0.2, 0.25) is 0 Å². The van der Waals surface area contributed by atoms with Gasteiger partial charge in [0, 0.05) is 12.4 Å². The van der Waals surface area contributed by atoms with Crippen molar-refractivity contribution in [2.45, 2.75) is 25.3 Å². The highest BCUT2D eigenvalue weighted by molar-refractivity contribution is 5.40. The molecular weight excluding hydrogens is 205 g/mol. The van der Waals surface area contributed by atoms with Crippen LogP contribution in [0.5, 0.6) is 0 Å². The van der Waals surface area contributed by atoms with E-state index in [4.69, 9.17) is 0 Å². The minimum Gasteiger partial charge on any atom is -0.309 e. The van der Waals surface area contributed by atoms with Crippen LogP contribution in [0.25, 0.3) is 5.65 Å². The number of nitrogens with one attached hydrogen (secondary N) is 1. The Morgan fingerprint density at radius 2 is 2.25 bits per heavy atom. The minimum atomic E-state index is -0.229. The van der Waals surface area contributed by atoms with Gasteiger partial charge in [-0.1, -0.05) is 6.42 Å². The van der Waals surface area contributed by atoms with Gasteiger partial charge >= 0.3 is 0 Å². The smallest absolute Gasteiger partial charge is 0.139 e. The average Bonchev–Trinajstić information content (AvgIpc) is 2.73. The first kappa shape index (κ1) is 9.78. The average molecular weight is 219 g/mol. The van der Waals surface area contributed by atoms with Gasteiger partial charge in [-0.25, -0.2) is 9.37 Å². The standard InChI is InChI=1S/C12H14FN3/c13-9-4-5-12-15-11(8-16(12)7-9)10-3-1-2-6-14-10/h4-5,7-8,10,14H,1-3,6H2. The number of rotatable bonds is 1. The van der Waals surface area contributed by atoms with E-state index >= 15 is 0 Å². The predicted octanol–water partition coefficient (Wildman–Crippen LogP) is 2.29. The van der Waals surface area contributed by atoms with Crippen molar-refractivity contribution in [1.82, 2.24) is 14.7 Å². The molecule has 0 aliphatic carbocycles. The zero-order valence-corrected chi connectivity index (χ0v) is 8.99. The number of imidazole rings is 1.